The monoisotopic (exact) mass is 404 g/mol. The quantitative estimate of drug-likeness (QED) is 0.840. The Balaban J connectivity index is 1.74. The second kappa shape index (κ2) is 7.18. The van der Waals surface area contributed by atoms with Crippen LogP contribution in [0.3, 0.4) is 0 Å². The van der Waals surface area contributed by atoms with Gasteiger partial charge in [-0.25, -0.2) is 4.68 Å². The molecular formula is C17H17BrN4O3. The Morgan fingerprint density at radius 3 is 2.84 bits per heavy atom. The maximum absolute atomic E-state index is 12.2. The minimum Gasteiger partial charge on any atom is -0.338 e. The van der Waals surface area contributed by atoms with Crippen LogP contribution in [0.4, 0.5) is 5.69 Å². The molecule has 130 valence electrons. The van der Waals surface area contributed by atoms with Crippen LogP contribution in [-0.2, 0) is 29.1 Å². The molecule has 0 fully saturated rings. The van der Waals surface area contributed by atoms with Gasteiger partial charge in [0.2, 0.25) is 11.8 Å². The molecular weight excluding hydrogens is 388 g/mol. The van der Waals surface area contributed by atoms with Gasteiger partial charge < -0.3 is 10.2 Å². The molecule has 0 aliphatic carbocycles. The van der Waals surface area contributed by atoms with Gasteiger partial charge in [0.1, 0.15) is 6.54 Å². The molecule has 2 amide bonds. The summed E-state index contributed by atoms with van der Waals surface area (Å²) in [4.78, 5) is 37.5. The zero-order chi connectivity index (χ0) is 18.0. The summed E-state index contributed by atoms with van der Waals surface area (Å²) in [6.45, 7) is 2.30. The van der Waals surface area contributed by atoms with E-state index in [1.165, 1.54) is 13.0 Å². The average Bonchev–Trinajstić information content (AvgIpc) is 2.55. The summed E-state index contributed by atoms with van der Waals surface area (Å²) in [5, 5.41) is 7.04. The molecule has 0 unspecified atom stereocenters. The summed E-state index contributed by atoms with van der Waals surface area (Å²) in [7, 11) is 0. The minimum absolute atomic E-state index is 0.0248. The Morgan fingerprint density at radius 2 is 2.12 bits per heavy atom. The maximum Gasteiger partial charge on any atom is 0.267 e. The fourth-order valence-electron chi connectivity index (χ4n) is 2.72. The number of aromatic nitrogens is 2. The van der Waals surface area contributed by atoms with Crippen molar-refractivity contribution in [1.29, 1.82) is 0 Å². The fourth-order valence-corrected chi connectivity index (χ4v) is 3.12. The molecule has 1 aromatic carbocycles. The van der Waals surface area contributed by atoms with Crippen molar-refractivity contribution in [3.05, 3.63) is 56.4 Å². The smallest absolute Gasteiger partial charge is 0.267 e. The Kier molecular flexibility index (Phi) is 4.98. The van der Waals surface area contributed by atoms with E-state index in [0.29, 0.717) is 25.2 Å². The van der Waals surface area contributed by atoms with E-state index < -0.39 is 0 Å². The van der Waals surface area contributed by atoms with Gasteiger partial charge in [0, 0.05) is 48.2 Å². The van der Waals surface area contributed by atoms with E-state index in [-0.39, 0.29) is 23.9 Å². The van der Waals surface area contributed by atoms with Gasteiger partial charge in [-0.05, 0) is 18.2 Å². The number of nitrogens with one attached hydrogen (secondary N) is 1. The van der Waals surface area contributed by atoms with Crippen LogP contribution in [0.25, 0.3) is 0 Å². The lowest BCUT2D eigenvalue weighted by Crippen LogP contribution is -2.38. The highest BCUT2D eigenvalue weighted by Gasteiger charge is 2.21. The van der Waals surface area contributed by atoms with Crippen LogP contribution in [0.1, 0.15) is 18.2 Å². The lowest BCUT2D eigenvalue weighted by Gasteiger charge is -2.27. The van der Waals surface area contributed by atoms with Gasteiger partial charge in [0.25, 0.3) is 5.56 Å². The molecule has 1 N–H and O–H groups in total. The first kappa shape index (κ1) is 17.3. The summed E-state index contributed by atoms with van der Waals surface area (Å²) in [6.07, 6.45) is 0.572. The Labute approximate surface area is 152 Å². The molecule has 0 spiro atoms. The molecule has 3 rings (SSSR count). The fraction of sp³-hybridized carbons (Fsp3) is 0.294. The first-order valence-electron chi connectivity index (χ1n) is 7.83. The molecule has 7 nitrogen and oxygen atoms in total. The van der Waals surface area contributed by atoms with E-state index >= 15 is 0 Å². The van der Waals surface area contributed by atoms with E-state index in [2.05, 4.69) is 26.3 Å². The van der Waals surface area contributed by atoms with Crippen molar-refractivity contribution in [2.75, 3.05) is 11.9 Å². The molecule has 0 radical (unpaired) electrons. The Bertz CT molecular complexity index is 894. The molecule has 1 aromatic heterocycles. The molecule has 2 aromatic rings. The zero-order valence-electron chi connectivity index (χ0n) is 13.7. The lowest BCUT2D eigenvalue weighted by molar-refractivity contribution is -0.129. The molecule has 0 bridgehead atoms. The van der Waals surface area contributed by atoms with E-state index in [4.69, 9.17) is 0 Å². The number of hydrogen-bond donors (Lipinski definition) is 1. The van der Waals surface area contributed by atoms with Crippen molar-refractivity contribution in [1.82, 2.24) is 14.7 Å². The third-order valence-electron chi connectivity index (χ3n) is 3.99. The van der Waals surface area contributed by atoms with Gasteiger partial charge in [-0.2, -0.15) is 5.10 Å². The van der Waals surface area contributed by atoms with E-state index in [0.717, 1.165) is 20.4 Å². The van der Waals surface area contributed by atoms with Crippen molar-refractivity contribution in [3.63, 3.8) is 0 Å². The number of carbonyl (C=O) groups is 2. The van der Waals surface area contributed by atoms with Gasteiger partial charge >= 0.3 is 0 Å². The molecule has 8 heteroatoms. The topological polar surface area (TPSA) is 84.3 Å². The van der Waals surface area contributed by atoms with Crippen LogP contribution in [0.2, 0.25) is 0 Å². The molecule has 1 aliphatic rings. The van der Waals surface area contributed by atoms with E-state index in [1.807, 2.05) is 12.1 Å². The number of carbonyl (C=O) groups excluding carboxylic acids is 2. The lowest BCUT2D eigenvalue weighted by atomic mass is 10.1. The van der Waals surface area contributed by atoms with Crippen molar-refractivity contribution >= 4 is 33.4 Å². The number of hydrogen-bond acceptors (Lipinski definition) is 4. The van der Waals surface area contributed by atoms with Gasteiger partial charge in [-0.1, -0.05) is 22.0 Å². The number of amides is 2. The summed E-state index contributed by atoms with van der Waals surface area (Å²) in [5.41, 5.74) is 1.79. The summed E-state index contributed by atoms with van der Waals surface area (Å²) >= 11 is 3.34. The summed E-state index contributed by atoms with van der Waals surface area (Å²) < 4.78 is 2.01. The average molecular weight is 405 g/mol. The van der Waals surface area contributed by atoms with Crippen molar-refractivity contribution in [2.24, 2.45) is 0 Å². The highest BCUT2D eigenvalue weighted by atomic mass is 79.9. The summed E-state index contributed by atoms with van der Waals surface area (Å²) in [6, 6.07) is 8.67. The number of rotatable bonds is 3. The van der Waals surface area contributed by atoms with Crippen LogP contribution in [0, 0.1) is 0 Å². The number of fused-ring (bicyclic) bond motifs is 1. The van der Waals surface area contributed by atoms with Crippen LogP contribution >= 0.6 is 15.9 Å². The third-order valence-corrected chi connectivity index (χ3v) is 4.48. The normalized spacial score (nSPS) is 13.3. The SMILES string of the molecule is CC(=O)N1CCc2nn(CC(=O)Nc3cccc(Br)c3)c(=O)cc2C1. The third kappa shape index (κ3) is 4.14. The largest absolute Gasteiger partial charge is 0.338 e. The molecule has 0 saturated heterocycles. The standard InChI is InChI=1S/C17H17BrN4O3/c1-11(23)21-6-5-15-12(9-21)7-17(25)22(20-15)10-16(24)19-14-4-2-3-13(18)8-14/h2-4,7-8H,5-6,9-10H2,1H3,(H,19,24). The molecule has 2 heterocycles. The van der Waals surface area contributed by atoms with Gasteiger partial charge in [0.05, 0.1) is 5.69 Å². The van der Waals surface area contributed by atoms with Crippen LogP contribution in [0.5, 0.6) is 0 Å². The number of halogens is 1. The minimum atomic E-state index is -0.353. The van der Waals surface area contributed by atoms with Crippen molar-refractivity contribution < 1.29 is 9.59 Å². The van der Waals surface area contributed by atoms with E-state index in [9.17, 15) is 14.4 Å². The van der Waals surface area contributed by atoms with E-state index in [1.54, 1.807) is 17.0 Å². The number of nitrogens with zero attached hydrogens (tertiary/aromatic N) is 3. The first-order chi connectivity index (χ1) is 11.9. The molecule has 1 aliphatic heterocycles. The van der Waals surface area contributed by atoms with Crippen LogP contribution in [-0.4, -0.2) is 33.0 Å². The zero-order valence-corrected chi connectivity index (χ0v) is 15.2. The molecule has 0 atom stereocenters. The molecule has 0 saturated carbocycles. The predicted molar refractivity (Wildman–Crippen MR) is 96.1 cm³/mol. The number of anilines is 1. The highest BCUT2D eigenvalue weighted by molar-refractivity contribution is 9.10. The number of benzene rings is 1. The first-order valence-corrected chi connectivity index (χ1v) is 8.62. The predicted octanol–water partition coefficient (Wildman–Crippen LogP) is 1.55. The van der Waals surface area contributed by atoms with Crippen LogP contribution < -0.4 is 10.9 Å². The highest BCUT2D eigenvalue weighted by Crippen LogP contribution is 2.16. The van der Waals surface area contributed by atoms with Crippen molar-refractivity contribution in [2.45, 2.75) is 26.4 Å². The van der Waals surface area contributed by atoms with Gasteiger partial charge in [-0.3, -0.25) is 14.4 Å². The Hall–Kier alpha value is -2.48. The molecule has 25 heavy (non-hydrogen) atoms. The van der Waals surface area contributed by atoms with Gasteiger partial charge in [0.15, 0.2) is 0 Å². The maximum atomic E-state index is 12.2. The second-order valence-electron chi connectivity index (χ2n) is 5.86. The van der Waals surface area contributed by atoms with Gasteiger partial charge in [-0.15, -0.1) is 0 Å². The van der Waals surface area contributed by atoms with Crippen molar-refractivity contribution in [3.8, 4) is 0 Å². The second-order valence-corrected chi connectivity index (χ2v) is 6.78. The summed E-state index contributed by atoms with van der Waals surface area (Å²) in [5.74, 6) is -0.350. The van der Waals surface area contributed by atoms with Crippen LogP contribution in [0.15, 0.2) is 39.6 Å². The Morgan fingerprint density at radius 1 is 1.32 bits per heavy atom.